The number of aryl methyl sites for hydroxylation is 2. The van der Waals surface area contributed by atoms with Crippen LogP contribution >= 0.6 is 0 Å². The minimum Gasteiger partial charge on any atom is -0.353 e. The minimum absolute atomic E-state index is 0.260. The minimum atomic E-state index is -2.71. The largest absolute Gasteiger partial charge is 0.353 e. The van der Waals surface area contributed by atoms with Gasteiger partial charge in [-0.1, -0.05) is 104 Å². The highest BCUT2D eigenvalue weighted by atomic mass is 19.2. The first kappa shape index (κ1) is 49.8. The zero-order valence-corrected chi connectivity index (χ0v) is 33.4. The number of hydrogen-bond donors (Lipinski definition) is 3. The van der Waals surface area contributed by atoms with Gasteiger partial charge in [0.2, 0.25) is 0 Å². The van der Waals surface area contributed by atoms with Gasteiger partial charge < -0.3 is 24.8 Å². The topological polar surface area (TPSA) is 79.2 Å². The highest BCUT2D eigenvalue weighted by molar-refractivity contribution is 5.20. The zero-order chi connectivity index (χ0) is 40.6. The molecule has 54 heavy (non-hydrogen) atoms. The lowest BCUT2D eigenvalue weighted by atomic mass is 9.87. The van der Waals surface area contributed by atoms with Crippen molar-refractivity contribution in [3.05, 3.63) is 70.3 Å². The first-order valence-corrected chi connectivity index (χ1v) is 20.2. The number of halogens is 6. The first-order valence-electron chi connectivity index (χ1n) is 20.2. The number of unbranched alkanes of at least 4 members (excludes halogenated alkanes) is 12. The molecule has 0 aliphatic rings. The van der Waals surface area contributed by atoms with Gasteiger partial charge in [0, 0.05) is 26.1 Å². The number of methoxy groups -OCH3 is 2. The van der Waals surface area contributed by atoms with Crippen molar-refractivity contribution >= 4 is 0 Å². The van der Waals surface area contributed by atoms with Crippen molar-refractivity contribution in [3.8, 4) is 0 Å². The van der Waals surface area contributed by atoms with Gasteiger partial charge in [0.1, 0.15) is 0 Å². The van der Waals surface area contributed by atoms with E-state index in [9.17, 15) is 41.7 Å². The molecule has 2 atom stereocenters. The molecule has 2 unspecified atom stereocenters. The number of ether oxygens (including phenoxy) is 2. The van der Waals surface area contributed by atoms with Crippen LogP contribution in [0.5, 0.6) is 0 Å². The highest BCUT2D eigenvalue weighted by Crippen LogP contribution is 2.32. The van der Waals surface area contributed by atoms with E-state index < -0.39 is 52.6 Å². The molecule has 2 rings (SSSR count). The molecule has 312 valence electrons. The maximum absolute atomic E-state index is 13.3. The maximum Gasteiger partial charge on any atom is 0.278 e. The van der Waals surface area contributed by atoms with Crippen LogP contribution in [0.3, 0.4) is 0 Å². The van der Waals surface area contributed by atoms with E-state index in [1.54, 1.807) is 14.2 Å². The predicted octanol–water partition coefficient (Wildman–Crippen LogP) is 12.0. The molecule has 2 aromatic carbocycles. The fraction of sp³-hybridized carbons (Fsp3) is 0.721. The molecular formula is C43H68F6O5. The third-order valence-corrected chi connectivity index (χ3v) is 10.5. The predicted molar refractivity (Wildman–Crippen MR) is 203 cm³/mol. The summed E-state index contributed by atoms with van der Waals surface area (Å²) in [6, 6.07) is 4.11. The van der Waals surface area contributed by atoms with Crippen molar-refractivity contribution in [2.24, 2.45) is 11.8 Å². The standard InChI is InChI=1S/C23H37F3O2.C20H31F3O3/c1-5-6-7-8-9-10-14-19(23(2,27-3)28-4)15-12-11-13-18-16-20(24)22(26)21(25)17-18;1-2-3-4-5-6-7-11-16(20(24,25)26)12-9-8-10-15-13-17(21)19(23)18(22)14-15/h16-17,19H,5-15H2,1-4H3;13-14,16,24-26H,2-12H2,1H3. The molecule has 0 saturated carbocycles. The number of hydrogen-bond acceptors (Lipinski definition) is 5. The van der Waals surface area contributed by atoms with E-state index in [-0.39, 0.29) is 5.92 Å². The summed E-state index contributed by atoms with van der Waals surface area (Å²) < 4.78 is 90.3. The van der Waals surface area contributed by atoms with Gasteiger partial charge in [-0.2, -0.15) is 0 Å². The van der Waals surface area contributed by atoms with Crippen molar-refractivity contribution in [3.63, 3.8) is 0 Å². The average molecular weight is 779 g/mol. The van der Waals surface area contributed by atoms with E-state index in [1.807, 2.05) is 6.92 Å². The Morgan fingerprint density at radius 2 is 0.778 bits per heavy atom. The summed E-state index contributed by atoms with van der Waals surface area (Å²) in [5.41, 5.74) is 0.849. The molecule has 3 N–H and O–H groups in total. The van der Waals surface area contributed by atoms with Crippen molar-refractivity contribution in [1.29, 1.82) is 0 Å². The van der Waals surface area contributed by atoms with E-state index in [0.29, 0.717) is 49.7 Å². The van der Waals surface area contributed by atoms with E-state index in [2.05, 4.69) is 13.8 Å². The van der Waals surface area contributed by atoms with E-state index in [4.69, 9.17) is 9.47 Å². The van der Waals surface area contributed by atoms with E-state index in [1.165, 1.54) is 38.5 Å². The van der Waals surface area contributed by atoms with Gasteiger partial charge in [-0.05, 0) is 93.7 Å². The smallest absolute Gasteiger partial charge is 0.278 e. The zero-order valence-electron chi connectivity index (χ0n) is 33.4. The van der Waals surface area contributed by atoms with Crippen LogP contribution in [0.4, 0.5) is 26.3 Å². The van der Waals surface area contributed by atoms with Crippen molar-refractivity contribution in [1.82, 2.24) is 0 Å². The van der Waals surface area contributed by atoms with Crippen LogP contribution in [0.2, 0.25) is 0 Å². The van der Waals surface area contributed by atoms with E-state index >= 15 is 0 Å². The number of rotatable bonds is 28. The number of aliphatic hydroxyl groups is 3. The summed E-state index contributed by atoms with van der Waals surface area (Å²) in [6.45, 7) is 6.33. The van der Waals surface area contributed by atoms with Gasteiger partial charge in [0.15, 0.2) is 40.7 Å². The Bertz CT molecular complexity index is 1240. The van der Waals surface area contributed by atoms with Crippen molar-refractivity contribution in [2.45, 2.75) is 174 Å². The summed E-state index contributed by atoms with van der Waals surface area (Å²) in [4.78, 5) is 0. The summed E-state index contributed by atoms with van der Waals surface area (Å²) in [7, 11) is 3.34. The molecule has 11 heteroatoms. The van der Waals surface area contributed by atoms with Crippen LogP contribution < -0.4 is 0 Å². The molecule has 0 fully saturated rings. The van der Waals surface area contributed by atoms with Gasteiger partial charge in [0.05, 0.1) is 0 Å². The quantitative estimate of drug-likeness (QED) is 0.0347. The summed E-state index contributed by atoms with van der Waals surface area (Å²) in [5.74, 6) is -11.3. The lowest BCUT2D eigenvalue weighted by Crippen LogP contribution is -2.39. The summed E-state index contributed by atoms with van der Waals surface area (Å²) >= 11 is 0. The Hall–Kier alpha value is -2.18. The first-order chi connectivity index (χ1) is 25.6. The molecule has 0 spiro atoms. The fourth-order valence-electron chi connectivity index (χ4n) is 6.90. The van der Waals surface area contributed by atoms with Crippen LogP contribution in [0.1, 0.15) is 160 Å². The molecule has 2 aromatic rings. The van der Waals surface area contributed by atoms with Crippen LogP contribution in [-0.2, 0) is 22.3 Å². The Balaban J connectivity index is 0.000000541. The normalized spacial score (nSPS) is 13.1. The third-order valence-electron chi connectivity index (χ3n) is 10.5. The van der Waals surface area contributed by atoms with Crippen LogP contribution in [0.15, 0.2) is 24.3 Å². The third kappa shape index (κ3) is 19.6. The average Bonchev–Trinajstić information content (AvgIpc) is 3.13. The molecule has 0 saturated heterocycles. The van der Waals surface area contributed by atoms with Gasteiger partial charge in [-0.25, -0.2) is 26.3 Å². The van der Waals surface area contributed by atoms with Crippen molar-refractivity contribution < 1.29 is 51.1 Å². The SMILES string of the molecule is CCCCCCCCC(CCCCc1cc(F)c(F)c(F)c1)C(C)(OC)OC.CCCCCCCCC(CCCCc1cc(F)c(F)c(F)c1)C(O)(O)O. The number of benzene rings is 2. The Morgan fingerprint density at radius 3 is 1.09 bits per heavy atom. The second-order valence-corrected chi connectivity index (χ2v) is 14.9. The molecule has 0 amide bonds. The van der Waals surface area contributed by atoms with Gasteiger partial charge in [-0.15, -0.1) is 0 Å². The Morgan fingerprint density at radius 1 is 0.481 bits per heavy atom. The second kappa shape index (κ2) is 27.4. The second-order valence-electron chi connectivity index (χ2n) is 14.9. The lowest BCUT2D eigenvalue weighted by Gasteiger charge is -2.35. The molecule has 0 aliphatic carbocycles. The summed E-state index contributed by atoms with van der Waals surface area (Å²) in [5, 5.41) is 28.5. The van der Waals surface area contributed by atoms with Gasteiger partial charge in [0.25, 0.3) is 5.97 Å². The lowest BCUT2D eigenvalue weighted by molar-refractivity contribution is -0.344. The Labute approximate surface area is 320 Å². The summed E-state index contributed by atoms with van der Waals surface area (Å²) in [6.07, 6.45) is 20.4. The van der Waals surface area contributed by atoms with Crippen molar-refractivity contribution in [2.75, 3.05) is 14.2 Å². The maximum atomic E-state index is 13.3. The molecule has 5 nitrogen and oxygen atoms in total. The van der Waals surface area contributed by atoms with Gasteiger partial charge in [-0.3, -0.25) is 0 Å². The van der Waals surface area contributed by atoms with Crippen LogP contribution in [0, 0.1) is 46.7 Å². The highest BCUT2D eigenvalue weighted by Gasteiger charge is 2.33. The van der Waals surface area contributed by atoms with E-state index in [0.717, 1.165) is 88.5 Å². The van der Waals surface area contributed by atoms with Gasteiger partial charge >= 0.3 is 0 Å². The van der Waals surface area contributed by atoms with Crippen LogP contribution in [-0.4, -0.2) is 41.3 Å². The molecule has 0 heterocycles. The molecule has 0 bridgehead atoms. The van der Waals surface area contributed by atoms with Crippen LogP contribution in [0.25, 0.3) is 0 Å². The Kier molecular flexibility index (Phi) is 25.3. The molecule has 0 radical (unpaired) electrons. The molecular weight excluding hydrogens is 710 g/mol. The molecule has 0 aliphatic heterocycles. The monoisotopic (exact) mass is 778 g/mol. The molecule has 0 aromatic heterocycles. The fourth-order valence-corrected chi connectivity index (χ4v) is 6.90.